The van der Waals surface area contributed by atoms with E-state index in [1.54, 1.807) is 39.0 Å². The third kappa shape index (κ3) is 4.38. The van der Waals surface area contributed by atoms with Crippen molar-refractivity contribution in [3.05, 3.63) is 165 Å². The predicted molar refractivity (Wildman–Crippen MR) is 199 cm³/mol. The molecule has 1 saturated carbocycles. The van der Waals surface area contributed by atoms with Gasteiger partial charge in [0, 0.05) is 42.3 Å². The predicted octanol–water partition coefficient (Wildman–Crippen LogP) is 7.85. The SMILES string of the molecule is CC1C(C2C=CC=C(C3=CC=C4C5C(=CC=CC35)C3C(C5=CC=CCC5)=c5ccccc5=C(C5=CC=CCC5)C43)C2)NC2C=CCCN21. The largest absolute Gasteiger partial charge is 0.293 e. The lowest BCUT2D eigenvalue weighted by atomic mass is 9.69. The number of hydrogen-bond donors (Lipinski definition) is 1. The fraction of sp³-hybridized carbons (Fsp3) is 0.348. The van der Waals surface area contributed by atoms with E-state index in [1.165, 1.54) is 22.4 Å². The molecule has 240 valence electrons. The van der Waals surface area contributed by atoms with Gasteiger partial charge in [0.15, 0.2) is 0 Å². The van der Waals surface area contributed by atoms with E-state index in [-0.39, 0.29) is 0 Å². The molecule has 2 fully saturated rings. The van der Waals surface area contributed by atoms with Crippen LogP contribution in [0.4, 0.5) is 0 Å². The molecule has 7 aliphatic carbocycles. The smallest absolute Gasteiger partial charge is 0.0795 e. The maximum atomic E-state index is 4.01. The molecule has 0 amide bonds. The van der Waals surface area contributed by atoms with Crippen molar-refractivity contribution in [3.63, 3.8) is 0 Å². The Morgan fingerprint density at radius 3 is 2.02 bits per heavy atom. The molecule has 48 heavy (non-hydrogen) atoms. The summed E-state index contributed by atoms with van der Waals surface area (Å²) in [5.41, 5.74) is 12.7. The number of hydrogen-bond acceptors (Lipinski definition) is 2. The Bertz CT molecular complexity index is 2050. The molecule has 0 radical (unpaired) electrons. The van der Waals surface area contributed by atoms with Crippen LogP contribution in [0.2, 0.25) is 0 Å². The average molecular weight is 627 g/mol. The van der Waals surface area contributed by atoms with E-state index in [4.69, 9.17) is 0 Å². The summed E-state index contributed by atoms with van der Waals surface area (Å²) in [5, 5.41) is 6.95. The second-order valence-electron chi connectivity index (χ2n) is 15.3. The third-order valence-corrected chi connectivity index (χ3v) is 13.0. The highest BCUT2D eigenvalue weighted by Crippen LogP contribution is 2.62. The lowest BCUT2D eigenvalue weighted by Gasteiger charge is -2.36. The van der Waals surface area contributed by atoms with Gasteiger partial charge in [0.2, 0.25) is 0 Å². The zero-order valence-corrected chi connectivity index (χ0v) is 28.1. The number of fused-ring (bicyclic) bond motifs is 5. The molecule has 2 heterocycles. The monoisotopic (exact) mass is 626 g/mol. The number of allylic oxidation sites excluding steroid dienone is 19. The molecule has 9 aliphatic rings. The van der Waals surface area contributed by atoms with Crippen LogP contribution in [0, 0.1) is 29.6 Å². The van der Waals surface area contributed by atoms with Gasteiger partial charge in [-0.1, -0.05) is 133 Å². The van der Waals surface area contributed by atoms with Gasteiger partial charge in [-0.3, -0.25) is 10.2 Å². The number of nitrogens with zero attached hydrogens (tertiary/aromatic N) is 1. The summed E-state index contributed by atoms with van der Waals surface area (Å²) in [6, 6.07) is 10.4. The summed E-state index contributed by atoms with van der Waals surface area (Å²) in [7, 11) is 0. The molecule has 1 N–H and O–H groups in total. The topological polar surface area (TPSA) is 15.3 Å². The Kier molecular flexibility index (Phi) is 6.99. The van der Waals surface area contributed by atoms with E-state index in [2.05, 4.69) is 139 Å². The first-order chi connectivity index (χ1) is 23.8. The molecule has 1 aromatic carbocycles. The van der Waals surface area contributed by atoms with E-state index in [0.717, 1.165) is 38.6 Å². The molecule has 0 aromatic heterocycles. The van der Waals surface area contributed by atoms with E-state index in [1.807, 2.05) is 0 Å². The van der Waals surface area contributed by atoms with E-state index >= 15 is 0 Å². The van der Waals surface area contributed by atoms with Gasteiger partial charge in [-0.15, -0.1) is 0 Å². The molecular formula is C46H46N2. The first kappa shape index (κ1) is 29.0. The molecule has 2 aliphatic heterocycles. The van der Waals surface area contributed by atoms with E-state index in [0.29, 0.717) is 47.8 Å². The van der Waals surface area contributed by atoms with Crippen molar-refractivity contribution < 1.29 is 0 Å². The summed E-state index contributed by atoms with van der Waals surface area (Å²) in [5.74, 6) is 2.10. The van der Waals surface area contributed by atoms with Crippen LogP contribution in [0.1, 0.15) is 45.4 Å². The van der Waals surface area contributed by atoms with Gasteiger partial charge in [-0.25, -0.2) is 0 Å². The van der Waals surface area contributed by atoms with Crippen molar-refractivity contribution in [3.8, 4) is 0 Å². The van der Waals surface area contributed by atoms with Crippen molar-refractivity contribution in [1.29, 1.82) is 0 Å². The van der Waals surface area contributed by atoms with Gasteiger partial charge < -0.3 is 0 Å². The number of rotatable bonds is 4. The Morgan fingerprint density at radius 2 is 1.33 bits per heavy atom. The highest BCUT2D eigenvalue weighted by Gasteiger charge is 2.52. The van der Waals surface area contributed by atoms with Crippen molar-refractivity contribution in [2.45, 2.75) is 63.7 Å². The number of nitrogens with one attached hydrogen (secondary N) is 1. The Morgan fingerprint density at radius 1 is 0.646 bits per heavy atom. The fourth-order valence-electron chi connectivity index (χ4n) is 10.9. The zero-order valence-electron chi connectivity index (χ0n) is 28.1. The van der Waals surface area contributed by atoms with Crippen molar-refractivity contribution in [2.75, 3.05) is 6.54 Å². The van der Waals surface area contributed by atoms with Crippen LogP contribution < -0.4 is 15.8 Å². The number of benzene rings is 1. The summed E-state index contributed by atoms with van der Waals surface area (Å²) in [6.07, 6.45) is 45.9. The second kappa shape index (κ2) is 11.6. The zero-order chi connectivity index (χ0) is 31.8. The van der Waals surface area contributed by atoms with Gasteiger partial charge >= 0.3 is 0 Å². The molecule has 1 saturated heterocycles. The molecule has 8 unspecified atom stereocenters. The van der Waals surface area contributed by atoms with Gasteiger partial charge in [0.25, 0.3) is 0 Å². The highest BCUT2D eigenvalue weighted by molar-refractivity contribution is 5.85. The highest BCUT2D eigenvalue weighted by atomic mass is 15.4. The van der Waals surface area contributed by atoms with Crippen LogP contribution in [-0.4, -0.2) is 29.7 Å². The van der Waals surface area contributed by atoms with Crippen molar-refractivity contribution in [1.82, 2.24) is 10.2 Å². The standard InChI is InChI=1S/C46H46N2/c1-29-46(47-40-24-10-11-27-48(29)40)33-19-12-18-32(28-33)34-25-26-39-43-35(34)22-13-23-38(43)44-41(30-14-4-2-5-15-30)36-20-8-9-21-37(36)42(45(39)44)31-16-6-3-7-17-31/h2-4,6,8-10,12-14,16,18-26,29,33,35,40,43-47H,5,7,11,15,17,27-28H2,1H3. The quantitative estimate of drug-likeness (QED) is 0.343. The molecule has 10 rings (SSSR count). The van der Waals surface area contributed by atoms with Crippen molar-refractivity contribution >= 4 is 11.1 Å². The average Bonchev–Trinajstić information content (AvgIpc) is 3.67. The first-order valence-corrected chi connectivity index (χ1v) is 18.7. The minimum Gasteiger partial charge on any atom is -0.293 e. The van der Waals surface area contributed by atoms with Gasteiger partial charge in [-0.2, -0.15) is 0 Å². The van der Waals surface area contributed by atoms with Crippen LogP contribution >= 0.6 is 0 Å². The Labute approximate surface area is 285 Å². The van der Waals surface area contributed by atoms with E-state index < -0.39 is 0 Å². The van der Waals surface area contributed by atoms with Gasteiger partial charge in [-0.05, 0) is 95.2 Å². The molecule has 0 bridgehead atoms. The van der Waals surface area contributed by atoms with Gasteiger partial charge in [0.1, 0.15) is 0 Å². The van der Waals surface area contributed by atoms with Gasteiger partial charge in [0.05, 0.1) is 6.17 Å². The molecule has 0 spiro atoms. The maximum absolute atomic E-state index is 4.01. The lowest BCUT2D eigenvalue weighted by Crippen LogP contribution is -2.40. The maximum Gasteiger partial charge on any atom is 0.0795 e. The van der Waals surface area contributed by atoms with Crippen LogP contribution in [0.25, 0.3) is 11.1 Å². The van der Waals surface area contributed by atoms with Crippen LogP contribution in [0.3, 0.4) is 0 Å². The normalized spacial score (nSPS) is 35.9. The molecular weight excluding hydrogens is 581 g/mol. The summed E-state index contributed by atoms with van der Waals surface area (Å²) in [6.45, 7) is 3.60. The molecule has 2 nitrogen and oxygen atoms in total. The second-order valence-corrected chi connectivity index (χ2v) is 15.3. The first-order valence-electron chi connectivity index (χ1n) is 18.7. The minimum absolute atomic E-state index is 0.387. The third-order valence-electron chi connectivity index (χ3n) is 13.0. The van der Waals surface area contributed by atoms with Crippen molar-refractivity contribution in [2.24, 2.45) is 29.6 Å². The molecule has 2 heteroatoms. The summed E-state index contributed by atoms with van der Waals surface area (Å²) < 4.78 is 0. The van der Waals surface area contributed by atoms with E-state index in [9.17, 15) is 0 Å². The molecule has 8 atom stereocenters. The minimum atomic E-state index is 0.387. The summed E-state index contributed by atoms with van der Waals surface area (Å²) in [4.78, 5) is 2.67. The lowest BCUT2D eigenvalue weighted by molar-refractivity contribution is 0.212. The van der Waals surface area contributed by atoms with Crippen LogP contribution in [-0.2, 0) is 0 Å². The molecule has 1 aromatic rings. The Hall–Kier alpha value is -3.98. The summed E-state index contributed by atoms with van der Waals surface area (Å²) >= 11 is 0. The fourth-order valence-corrected chi connectivity index (χ4v) is 10.9. The van der Waals surface area contributed by atoms with Crippen LogP contribution in [0.15, 0.2) is 155 Å². The Balaban J connectivity index is 1.08. The van der Waals surface area contributed by atoms with Crippen LogP contribution in [0.5, 0.6) is 0 Å².